The van der Waals surface area contributed by atoms with Crippen molar-refractivity contribution in [1.82, 2.24) is 15.5 Å². The molecule has 0 bridgehead atoms. The number of nitrogens with zero attached hydrogens (tertiary/aromatic N) is 1. The summed E-state index contributed by atoms with van der Waals surface area (Å²) < 4.78 is 5.12. The van der Waals surface area contributed by atoms with E-state index in [0.29, 0.717) is 19.5 Å². The van der Waals surface area contributed by atoms with Crippen LogP contribution in [0.2, 0.25) is 0 Å². The third kappa shape index (κ3) is 5.57. The van der Waals surface area contributed by atoms with E-state index in [9.17, 15) is 14.4 Å². The van der Waals surface area contributed by atoms with Gasteiger partial charge in [-0.2, -0.15) is 0 Å². The topological polar surface area (TPSA) is 87.7 Å². The average Bonchev–Trinajstić information content (AvgIpc) is 3.03. The lowest BCUT2D eigenvalue weighted by molar-refractivity contribution is -0.127. The van der Waals surface area contributed by atoms with Crippen LogP contribution in [0.15, 0.2) is 54.6 Å². The van der Waals surface area contributed by atoms with Crippen LogP contribution in [0.25, 0.3) is 0 Å². The maximum Gasteiger partial charge on any atom is 0.324 e. The molecule has 0 unspecified atom stereocenters. The van der Waals surface area contributed by atoms with Gasteiger partial charge in [-0.3, -0.25) is 14.5 Å². The van der Waals surface area contributed by atoms with Crippen LogP contribution in [-0.2, 0) is 22.6 Å². The van der Waals surface area contributed by atoms with Gasteiger partial charge >= 0.3 is 6.03 Å². The lowest BCUT2D eigenvalue weighted by atomic mass is 10.1. The van der Waals surface area contributed by atoms with Crippen LogP contribution in [0.1, 0.15) is 24.0 Å². The molecule has 1 atom stereocenters. The Hall–Kier alpha value is -3.35. The van der Waals surface area contributed by atoms with Crippen molar-refractivity contribution in [2.24, 2.45) is 0 Å². The summed E-state index contributed by atoms with van der Waals surface area (Å²) in [6.45, 7) is 0.742. The van der Waals surface area contributed by atoms with Crippen molar-refractivity contribution < 1.29 is 19.1 Å². The molecule has 0 aliphatic carbocycles. The second-order valence-electron chi connectivity index (χ2n) is 6.89. The molecular weight excluding hydrogens is 370 g/mol. The third-order valence-electron chi connectivity index (χ3n) is 4.88. The third-order valence-corrected chi connectivity index (χ3v) is 4.88. The normalized spacial score (nSPS) is 15.9. The summed E-state index contributed by atoms with van der Waals surface area (Å²) in [5, 5.41) is 5.50. The first-order valence-corrected chi connectivity index (χ1v) is 9.62. The highest BCUT2D eigenvalue weighted by Gasteiger charge is 2.37. The highest BCUT2D eigenvalue weighted by Crippen LogP contribution is 2.15. The van der Waals surface area contributed by atoms with E-state index in [1.807, 2.05) is 54.6 Å². The molecule has 2 aromatic carbocycles. The van der Waals surface area contributed by atoms with Crippen molar-refractivity contribution in [2.45, 2.75) is 31.8 Å². The van der Waals surface area contributed by atoms with Gasteiger partial charge in [0.2, 0.25) is 5.91 Å². The summed E-state index contributed by atoms with van der Waals surface area (Å²) in [4.78, 5) is 37.9. The number of hydrogen-bond donors (Lipinski definition) is 2. The standard InChI is InChI=1S/C22H25N3O4/c1-29-18-9-7-16(8-10-18)13-14-25-21(27)19(24-22(25)28)11-12-20(26)23-15-17-5-3-2-4-6-17/h2-10,19H,11-15H2,1H3,(H,23,26)(H,24,28)/t19-/m1/s1. The van der Waals surface area contributed by atoms with Gasteiger partial charge in [-0.1, -0.05) is 42.5 Å². The Bertz CT molecular complexity index is 852. The van der Waals surface area contributed by atoms with Crippen molar-refractivity contribution in [3.8, 4) is 5.75 Å². The van der Waals surface area contributed by atoms with Crippen LogP contribution >= 0.6 is 0 Å². The van der Waals surface area contributed by atoms with Crippen molar-refractivity contribution in [2.75, 3.05) is 13.7 Å². The average molecular weight is 395 g/mol. The van der Waals surface area contributed by atoms with Gasteiger partial charge in [-0.05, 0) is 36.1 Å². The fourth-order valence-electron chi connectivity index (χ4n) is 3.18. The first-order chi connectivity index (χ1) is 14.1. The van der Waals surface area contributed by atoms with Gasteiger partial charge in [0.05, 0.1) is 7.11 Å². The number of urea groups is 1. The molecule has 3 rings (SSSR count). The smallest absolute Gasteiger partial charge is 0.324 e. The summed E-state index contributed by atoms with van der Waals surface area (Å²) >= 11 is 0. The van der Waals surface area contributed by atoms with Gasteiger partial charge in [0.1, 0.15) is 11.8 Å². The van der Waals surface area contributed by atoms with Crippen LogP contribution in [0, 0.1) is 0 Å². The molecule has 29 heavy (non-hydrogen) atoms. The largest absolute Gasteiger partial charge is 0.497 e. The molecule has 0 spiro atoms. The predicted molar refractivity (Wildman–Crippen MR) is 108 cm³/mol. The molecule has 2 N–H and O–H groups in total. The van der Waals surface area contributed by atoms with Crippen molar-refractivity contribution in [3.63, 3.8) is 0 Å². The molecule has 0 radical (unpaired) electrons. The number of amides is 4. The second-order valence-corrected chi connectivity index (χ2v) is 6.89. The highest BCUT2D eigenvalue weighted by molar-refractivity contribution is 6.04. The van der Waals surface area contributed by atoms with E-state index in [1.165, 1.54) is 4.90 Å². The number of rotatable bonds is 9. The molecule has 1 heterocycles. The Balaban J connectivity index is 1.43. The number of methoxy groups -OCH3 is 1. The number of carbonyl (C=O) groups is 3. The highest BCUT2D eigenvalue weighted by atomic mass is 16.5. The minimum Gasteiger partial charge on any atom is -0.497 e. The monoisotopic (exact) mass is 395 g/mol. The van der Waals surface area contributed by atoms with E-state index in [2.05, 4.69) is 10.6 Å². The Kier molecular flexibility index (Phi) is 6.84. The van der Waals surface area contributed by atoms with Crippen LogP contribution in [-0.4, -0.2) is 42.4 Å². The second kappa shape index (κ2) is 9.73. The lowest BCUT2D eigenvalue weighted by Gasteiger charge is -2.13. The molecule has 1 aliphatic heterocycles. The minimum atomic E-state index is -0.652. The maximum absolute atomic E-state index is 12.5. The van der Waals surface area contributed by atoms with E-state index in [1.54, 1.807) is 7.11 Å². The van der Waals surface area contributed by atoms with E-state index in [-0.39, 0.29) is 24.7 Å². The molecule has 1 saturated heterocycles. The van der Waals surface area contributed by atoms with Gasteiger partial charge < -0.3 is 15.4 Å². The number of benzene rings is 2. The Morgan fingerprint density at radius 1 is 1.07 bits per heavy atom. The van der Waals surface area contributed by atoms with E-state index >= 15 is 0 Å². The van der Waals surface area contributed by atoms with Gasteiger partial charge in [0.25, 0.3) is 5.91 Å². The zero-order valence-electron chi connectivity index (χ0n) is 16.4. The van der Waals surface area contributed by atoms with Crippen molar-refractivity contribution >= 4 is 17.8 Å². The number of ether oxygens (including phenoxy) is 1. The van der Waals surface area contributed by atoms with Gasteiger partial charge in [0.15, 0.2) is 0 Å². The molecule has 0 aromatic heterocycles. The molecular formula is C22H25N3O4. The molecule has 0 saturated carbocycles. The molecule has 7 nitrogen and oxygen atoms in total. The molecule has 2 aromatic rings. The van der Waals surface area contributed by atoms with E-state index < -0.39 is 12.1 Å². The SMILES string of the molecule is COc1ccc(CCN2C(=O)N[C@H](CCC(=O)NCc3ccccc3)C2=O)cc1. The summed E-state index contributed by atoms with van der Waals surface area (Å²) in [6, 6.07) is 16.1. The minimum absolute atomic E-state index is 0.146. The molecule has 4 amide bonds. The summed E-state index contributed by atoms with van der Waals surface area (Å²) in [5.41, 5.74) is 2.02. The van der Waals surface area contributed by atoms with Crippen LogP contribution in [0.3, 0.4) is 0 Å². The number of hydrogen-bond acceptors (Lipinski definition) is 4. The fraction of sp³-hybridized carbons (Fsp3) is 0.318. The first kappa shape index (κ1) is 20.4. The molecule has 1 aliphatic rings. The maximum atomic E-state index is 12.5. The number of nitrogens with one attached hydrogen (secondary N) is 2. The Morgan fingerprint density at radius 3 is 2.48 bits per heavy atom. The van der Waals surface area contributed by atoms with Crippen molar-refractivity contribution in [1.29, 1.82) is 0 Å². The number of imide groups is 1. The van der Waals surface area contributed by atoms with Gasteiger partial charge in [-0.25, -0.2) is 4.79 Å². The van der Waals surface area contributed by atoms with Crippen LogP contribution in [0.4, 0.5) is 4.79 Å². The zero-order chi connectivity index (χ0) is 20.6. The Labute approximate surface area is 170 Å². The Morgan fingerprint density at radius 2 is 1.79 bits per heavy atom. The van der Waals surface area contributed by atoms with E-state index in [4.69, 9.17) is 4.74 Å². The quantitative estimate of drug-likeness (QED) is 0.638. The molecule has 152 valence electrons. The lowest BCUT2D eigenvalue weighted by Crippen LogP contribution is -2.34. The van der Waals surface area contributed by atoms with Crippen LogP contribution < -0.4 is 15.4 Å². The first-order valence-electron chi connectivity index (χ1n) is 9.62. The summed E-state index contributed by atoms with van der Waals surface area (Å²) in [7, 11) is 1.60. The van der Waals surface area contributed by atoms with Gasteiger partial charge in [-0.15, -0.1) is 0 Å². The predicted octanol–water partition coefficient (Wildman–Crippen LogP) is 2.25. The van der Waals surface area contributed by atoms with Crippen LogP contribution in [0.5, 0.6) is 5.75 Å². The van der Waals surface area contributed by atoms with Crippen molar-refractivity contribution in [3.05, 3.63) is 65.7 Å². The molecule has 7 heteroatoms. The van der Waals surface area contributed by atoms with E-state index in [0.717, 1.165) is 16.9 Å². The van der Waals surface area contributed by atoms with Gasteiger partial charge in [0, 0.05) is 19.5 Å². The number of carbonyl (C=O) groups excluding carboxylic acids is 3. The summed E-state index contributed by atoms with van der Waals surface area (Å²) in [5.74, 6) is 0.335. The summed E-state index contributed by atoms with van der Waals surface area (Å²) in [6.07, 6.45) is 1.02. The molecule has 1 fully saturated rings. The zero-order valence-corrected chi connectivity index (χ0v) is 16.4. The fourth-order valence-corrected chi connectivity index (χ4v) is 3.18.